The van der Waals surface area contributed by atoms with E-state index in [1.165, 1.54) is 17.0 Å². The smallest absolute Gasteiger partial charge is 0.312 e. The Balaban J connectivity index is 2.40. The van der Waals surface area contributed by atoms with E-state index in [-0.39, 0.29) is 25.0 Å². The Morgan fingerprint density at radius 2 is 1.64 bits per heavy atom. The first-order valence-electron chi connectivity index (χ1n) is 8.19. The zero-order valence-corrected chi connectivity index (χ0v) is 15.0. The van der Waals surface area contributed by atoms with Crippen molar-refractivity contribution in [2.75, 3.05) is 13.1 Å². The van der Waals surface area contributed by atoms with Crippen LogP contribution in [-0.2, 0) is 14.4 Å². The molecule has 1 aliphatic rings. The molecule has 2 atom stereocenters. The molecule has 2 rings (SSSR count). The standard InChI is InChI=1S/C18H24FN3O3/c1-11-9-22(16(24)15(20)23)14(12-5-7-13(19)8-6-12)10-21(11)17(25)18(2,3)4/h5-8,11,14H,9-10H2,1-4H3,(H2,20,23)/t11-,14-/m0/s1. The summed E-state index contributed by atoms with van der Waals surface area (Å²) in [5.41, 5.74) is 5.25. The van der Waals surface area contributed by atoms with Crippen LogP contribution in [0.5, 0.6) is 0 Å². The molecule has 0 saturated carbocycles. The van der Waals surface area contributed by atoms with Crippen LogP contribution in [0.15, 0.2) is 24.3 Å². The van der Waals surface area contributed by atoms with Crippen molar-refractivity contribution in [2.24, 2.45) is 11.1 Å². The third kappa shape index (κ3) is 3.97. The highest BCUT2D eigenvalue weighted by molar-refractivity contribution is 6.34. The molecule has 0 bridgehead atoms. The van der Waals surface area contributed by atoms with Crippen molar-refractivity contribution >= 4 is 17.7 Å². The van der Waals surface area contributed by atoms with Crippen LogP contribution in [0.1, 0.15) is 39.3 Å². The minimum atomic E-state index is -1.05. The van der Waals surface area contributed by atoms with E-state index in [9.17, 15) is 18.8 Å². The van der Waals surface area contributed by atoms with Gasteiger partial charge in [0.25, 0.3) is 0 Å². The van der Waals surface area contributed by atoms with Gasteiger partial charge in [-0.2, -0.15) is 0 Å². The Bertz CT molecular complexity index is 682. The minimum Gasteiger partial charge on any atom is -0.361 e. The highest BCUT2D eigenvalue weighted by atomic mass is 19.1. The number of rotatable bonds is 1. The van der Waals surface area contributed by atoms with Crippen LogP contribution in [0.2, 0.25) is 0 Å². The summed E-state index contributed by atoms with van der Waals surface area (Å²) in [5.74, 6) is -2.29. The number of amides is 3. The highest BCUT2D eigenvalue weighted by Gasteiger charge is 2.41. The van der Waals surface area contributed by atoms with Gasteiger partial charge in [-0.05, 0) is 24.6 Å². The van der Waals surface area contributed by atoms with Crippen molar-refractivity contribution in [3.63, 3.8) is 0 Å². The number of halogens is 1. The van der Waals surface area contributed by atoms with Crippen LogP contribution < -0.4 is 5.73 Å². The van der Waals surface area contributed by atoms with E-state index in [2.05, 4.69) is 0 Å². The topological polar surface area (TPSA) is 83.7 Å². The van der Waals surface area contributed by atoms with E-state index in [1.54, 1.807) is 17.0 Å². The average molecular weight is 349 g/mol. The van der Waals surface area contributed by atoms with Gasteiger partial charge in [-0.3, -0.25) is 14.4 Å². The molecule has 7 heteroatoms. The fourth-order valence-electron chi connectivity index (χ4n) is 3.03. The summed E-state index contributed by atoms with van der Waals surface area (Å²) in [7, 11) is 0. The van der Waals surface area contributed by atoms with Crippen LogP contribution in [0.25, 0.3) is 0 Å². The molecule has 6 nitrogen and oxygen atoms in total. The van der Waals surface area contributed by atoms with Crippen molar-refractivity contribution in [1.29, 1.82) is 0 Å². The summed E-state index contributed by atoms with van der Waals surface area (Å²) in [6.45, 7) is 7.72. The second-order valence-electron chi connectivity index (χ2n) is 7.45. The van der Waals surface area contributed by atoms with Gasteiger partial charge in [0, 0.05) is 24.5 Å². The monoisotopic (exact) mass is 349 g/mol. The van der Waals surface area contributed by atoms with Crippen LogP contribution >= 0.6 is 0 Å². The molecule has 1 fully saturated rings. The summed E-state index contributed by atoms with van der Waals surface area (Å²) in [6.07, 6.45) is 0. The predicted octanol–water partition coefficient (Wildman–Crippen LogP) is 1.46. The van der Waals surface area contributed by atoms with E-state index in [1.807, 2.05) is 27.7 Å². The van der Waals surface area contributed by atoms with Gasteiger partial charge in [0.1, 0.15) is 5.82 Å². The molecular formula is C18H24FN3O3. The predicted molar refractivity (Wildman–Crippen MR) is 90.7 cm³/mol. The lowest BCUT2D eigenvalue weighted by Gasteiger charge is -2.46. The number of carbonyl (C=O) groups is 3. The maximum absolute atomic E-state index is 13.2. The Hall–Kier alpha value is -2.44. The summed E-state index contributed by atoms with van der Waals surface area (Å²) < 4.78 is 13.2. The number of piperazine rings is 1. The Morgan fingerprint density at radius 1 is 1.08 bits per heavy atom. The van der Waals surface area contributed by atoms with Gasteiger partial charge in [-0.15, -0.1) is 0 Å². The van der Waals surface area contributed by atoms with Gasteiger partial charge in [-0.25, -0.2) is 4.39 Å². The van der Waals surface area contributed by atoms with E-state index in [0.29, 0.717) is 5.56 Å². The second-order valence-corrected chi connectivity index (χ2v) is 7.45. The molecule has 0 aromatic heterocycles. The molecule has 1 heterocycles. The number of hydrogen-bond acceptors (Lipinski definition) is 3. The van der Waals surface area contributed by atoms with Crippen molar-refractivity contribution in [3.05, 3.63) is 35.6 Å². The van der Waals surface area contributed by atoms with Crippen molar-refractivity contribution in [1.82, 2.24) is 9.80 Å². The molecule has 1 aromatic rings. The van der Waals surface area contributed by atoms with Crippen LogP contribution in [0.4, 0.5) is 4.39 Å². The van der Waals surface area contributed by atoms with Crippen LogP contribution in [0, 0.1) is 11.2 Å². The maximum Gasteiger partial charge on any atom is 0.312 e. The van der Waals surface area contributed by atoms with Gasteiger partial charge < -0.3 is 15.5 Å². The number of benzene rings is 1. The molecule has 25 heavy (non-hydrogen) atoms. The van der Waals surface area contributed by atoms with E-state index in [0.717, 1.165) is 0 Å². The van der Waals surface area contributed by atoms with E-state index < -0.39 is 29.1 Å². The summed E-state index contributed by atoms with van der Waals surface area (Å²) in [5, 5.41) is 0. The van der Waals surface area contributed by atoms with Gasteiger partial charge in [-0.1, -0.05) is 32.9 Å². The number of nitrogens with zero attached hydrogens (tertiary/aromatic N) is 2. The first kappa shape index (κ1) is 18.9. The molecule has 0 aliphatic carbocycles. The fourth-order valence-corrected chi connectivity index (χ4v) is 3.03. The van der Waals surface area contributed by atoms with E-state index in [4.69, 9.17) is 5.73 Å². The largest absolute Gasteiger partial charge is 0.361 e. The quantitative estimate of drug-likeness (QED) is 0.779. The van der Waals surface area contributed by atoms with Crippen molar-refractivity contribution in [2.45, 2.75) is 39.8 Å². The van der Waals surface area contributed by atoms with Crippen LogP contribution in [0.3, 0.4) is 0 Å². The molecule has 1 aromatic carbocycles. The lowest BCUT2D eigenvalue weighted by Crippen LogP contribution is -2.60. The summed E-state index contributed by atoms with van der Waals surface area (Å²) in [6, 6.07) is 4.87. The van der Waals surface area contributed by atoms with Crippen molar-refractivity contribution < 1.29 is 18.8 Å². The lowest BCUT2D eigenvalue weighted by atomic mass is 9.91. The molecule has 2 N–H and O–H groups in total. The van der Waals surface area contributed by atoms with Gasteiger partial charge in [0.15, 0.2) is 0 Å². The van der Waals surface area contributed by atoms with Gasteiger partial charge >= 0.3 is 11.8 Å². The Kier molecular flexibility index (Phi) is 5.15. The zero-order valence-electron chi connectivity index (χ0n) is 15.0. The first-order chi connectivity index (χ1) is 11.5. The molecular weight excluding hydrogens is 325 g/mol. The average Bonchev–Trinajstić information content (AvgIpc) is 2.53. The zero-order chi connectivity index (χ0) is 18.9. The third-order valence-electron chi connectivity index (χ3n) is 4.37. The molecule has 3 amide bonds. The molecule has 1 saturated heterocycles. The molecule has 1 aliphatic heterocycles. The summed E-state index contributed by atoms with van der Waals surface area (Å²) in [4.78, 5) is 39.5. The normalized spacial score (nSPS) is 21.2. The SMILES string of the molecule is C[C@H]1CN(C(=O)C(N)=O)[C@H](c2ccc(F)cc2)CN1C(=O)C(C)(C)C. The summed E-state index contributed by atoms with van der Waals surface area (Å²) >= 11 is 0. The number of primary amides is 1. The van der Waals surface area contributed by atoms with E-state index >= 15 is 0 Å². The second kappa shape index (κ2) is 6.82. The molecule has 136 valence electrons. The van der Waals surface area contributed by atoms with Crippen molar-refractivity contribution in [3.8, 4) is 0 Å². The molecule has 0 unspecified atom stereocenters. The maximum atomic E-state index is 13.2. The molecule has 0 spiro atoms. The number of nitrogens with two attached hydrogens (primary N) is 1. The Labute approximate surface area is 146 Å². The van der Waals surface area contributed by atoms with Crippen LogP contribution in [-0.4, -0.2) is 46.7 Å². The molecule has 0 radical (unpaired) electrons. The first-order valence-corrected chi connectivity index (χ1v) is 8.19. The lowest BCUT2D eigenvalue weighted by molar-refractivity contribution is -0.155. The highest BCUT2D eigenvalue weighted by Crippen LogP contribution is 2.31. The minimum absolute atomic E-state index is 0.0433. The number of carbonyl (C=O) groups excluding carboxylic acids is 3. The van der Waals surface area contributed by atoms with Gasteiger partial charge in [0.05, 0.1) is 6.04 Å². The fraction of sp³-hybridized carbons (Fsp3) is 0.500. The Morgan fingerprint density at radius 3 is 2.12 bits per heavy atom. The number of hydrogen-bond donors (Lipinski definition) is 1. The third-order valence-corrected chi connectivity index (χ3v) is 4.37. The van der Waals surface area contributed by atoms with Gasteiger partial charge in [0.2, 0.25) is 5.91 Å².